The van der Waals surface area contributed by atoms with Crippen LogP contribution in [0.5, 0.6) is 0 Å². The summed E-state index contributed by atoms with van der Waals surface area (Å²) in [5.41, 5.74) is 0. The standard InChI is InChI=1S/C15H30N2.C2H6/c1-16-10-6-14(7-11-16)4-3-5-15-8-12-17(2)13-9-15;1-2/h14-15H,3-13H2,1-2H3;1-2H3. The van der Waals surface area contributed by atoms with E-state index in [0.29, 0.717) is 0 Å². The molecule has 0 amide bonds. The highest BCUT2D eigenvalue weighted by Gasteiger charge is 2.19. The van der Waals surface area contributed by atoms with Crippen LogP contribution >= 0.6 is 0 Å². The summed E-state index contributed by atoms with van der Waals surface area (Å²) in [6, 6.07) is 0. The summed E-state index contributed by atoms with van der Waals surface area (Å²) in [5, 5.41) is 0. The lowest BCUT2D eigenvalue weighted by atomic mass is 9.87. The lowest BCUT2D eigenvalue weighted by Crippen LogP contribution is -2.31. The largest absolute Gasteiger partial charge is 0.306 e. The van der Waals surface area contributed by atoms with Crippen LogP contribution in [0, 0.1) is 11.8 Å². The van der Waals surface area contributed by atoms with Gasteiger partial charge in [0.05, 0.1) is 0 Å². The van der Waals surface area contributed by atoms with Crippen molar-refractivity contribution >= 4 is 0 Å². The summed E-state index contributed by atoms with van der Waals surface area (Å²) in [7, 11) is 4.52. The zero-order valence-corrected chi connectivity index (χ0v) is 13.8. The van der Waals surface area contributed by atoms with Gasteiger partial charge in [-0.15, -0.1) is 0 Å². The lowest BCUT2D eigenvalue weighted by Gasteiger charge is -2.31. The van der Waals surface area contributed by atoms with Crippen LogP contribution in [0.2, 0.25) is 0 Å². The third-order valence-corrected chi connectivity index (χ3v) is 4.90. The lowest BCUT2D eigenvalue weighted by molar-refractivity contribution is 0.191. The Hall–Kier alpha value is -0.0800. The minimum atomic E-state index is 1.04. The highest BCUT2D eigenvalue weighted by molar-refractivity contribution is 4.73. The van der Waals surface area contributed by atoms with Crippen LogP contribution in [0.3, 0.4) is 0 Å². The van der Waals surface area contributed by atoms with Crippen LogP contribution in [0.25, 0.3) is 0 Å². The van der Waals surface area contributed by atoms with Crippen LogP contribution in [-0.4, -0.2) is 50.1 Å². The van der Waals surface area contributed by atoms with E-state index in [1.807, 2.05) is 13.8 Å². The zero-order chi connectivity index (χ0) is 14.1. The van der Waals surface area contributed by atoms with E-state index >= 15 is 0 Å². The molecule has 2 fully saturated rings. The first-order valence-corrected chi connectivity index (χ1v) is 8.61. The van der Waals surface area contributed by atoms with Gasteiger partial charge in [-0.25, -0.2) is 0 Å². The molecule has 2 nitrogen and oxygen atoms in total. The minimum absolute atomic E-state index is 1.04. The number of nitrogens with zero attached hydrogens (tertiary/aromatic N) is 2. The van der Waals surface area contributed by atoms with Gasteiger partial charge >= 0.3 is 0 Å². The number of piperidine rings is 2. The Morgan fingerprint density at radius 1 is 0.684 bits per heavy atom. The molecule has 0 aromatic heterocycles. The molecule has 2 heteroatoms. The van der Waals surface area contributed by atoms with Gasteiger partial charge in [0.25, 0.3) is 0 Å². The van der Waals surface area contributed by atoms with Crippen LogP contribution in [0.1, 0.15) is 58.8 Å². The Balaban J connectivity index is 0.000000861. The highest BCUT2D eigenvalue weighted by atomic mass is 15.1. The first-order chi connectivity index (χ1) is 9.24. The summed E-state index contributed by atoms with van der Waals surface area (Å²) in [4.78, 5) is 4.96. The third-order valence-electron chi connectivity index (χ3n) is 4.90. The Morgan fingerprint density at radius 3 is 1.32 bits per heavy atom. The van der Waals surface area contributed by atoms with Crippen molar-refractivity contribution in [2.75, 3.05) is 40.3 Å². The second-order valence-corrected chi connectivity index (χ2v) is 6.42. The van der Waals surface area contributed by atoms with Crippen molar-refractivity contribution in [1.82, 2.24) is 9.80 Å². The van der Waals surface area contributed by atoms with Gasteiger partial charge in [-0.05, 0) is 77.8 Å². The van der Waals surface area contributed by atoms with Crippen LogP contribution in [-0.2, 0) is 0 Å². The predicted octanol–water partition coefficient (Wildman–Crippen LogP) is 3.87. The van der Waals surface area contributed by atoms with Crippen LogP contribution < -0.4 is 0 Å². The van der Waals surface area contributed by atoms with Gasteiger partial charge in [-0.2, -0.15) is 0 Å². The second-order valence-electron chi connectivity index (χ2n) is 6.42. The fraction of sp³-hybridized carbons (Fsp3) is 1.00. The fourth-order valence-electron chi connectivity index (χ4n) is 3.40. The van der Waals surface area contributed by atoms with Crippen molar-refractivity contribution in [2.24, 2.45) is 11.8 Å². The zero-order valence-electron chi connectivity index (χ0n) is 13.8. The quantitative estimate of drug-likeness (QED) is 0.764. The first-order valence-electron chi connectivity index (χ1n) is 8.61. The Kier molecular flexibility index (Phi) is 8.72. The Bertz CT molecular complexity index is 179. The number of likely N-dealkylation sites (tertiary alicyclic amines) is 2. The van der Waals surface area contributed by atoms with E-state index in [1.165, 1.54) is 71.1 Å². The molecule has 0 saturated carbocycles. The highest BCUT2D eigenvalue weighted by Crippen LogP contribution is 2.26. The maximum Gasteiger partial charge on any atom is -0.00191 e. The number of hydrogen-bond acceptors (Lipinski definition) is 2. The topological polar surface area (TPSA) is 6.48 Å². The SMILES string of the molecule is CC.CN1CCC(CCCC2CCN(C)CC2)CC1. The fourth-order valence-corrected chi connectivity index (χ4v) is 3.40. The molecule has 0 unspecified atom stereocenters. The normalized spacial score (nSPS) is 24.0. The van der Waals surface area contributed by atoms with E-state index in [2.05, 4.69) is 23.9 Å². The Labute approximate surface area is 121 Å². The molecule has 0 N–H and O–H groups in total. The molecule has 0 aromatic rings. The molecule has 114 valence electrons. The molecule has 2 aliphatic heterocycles. The molecular formula is C17H36N2. The van der Waals surface area contributed by atoms with Crippen molar-refractivity contribution < 1.29 is 0 Å². The average molecular weight is 268 g/mol. The van der Waals surface area contributed by atoms with Gasteiger partial charge in [0.15, 0.2) is 0 Å². The summed E-state index contributed by atoms with van der Waals surface area (Å²) in [6.45, 7) is 9.33. The number of rotatable bonds is 4. The van der Waals surface area contributed by atoms with E-state index in [1.54, 1.807) is 0 Å². The first kappa shape index (κ1) is 17.0. The molecule has 0 atom stereocenters. The van der Waals surface area contributed by atoms with Gasteiger partial charge in [0.1, 0.15) is 0 Å². The van der Waals surface area contributed by atoms with E-state index in [0.717, 1.165) is 11.8 Å². The van der Waals surface area contributed by atoms with E-state index in [-0.39, 0.29) is 0 Å². The molecule has 0 radical (unpaired) electrons. The van der Waals surface area contributed by atoms with Gasteiger partial charge in [-0.1, -0.05) is 33.1 Å². The molecule has 2 aliphatic rings. The predicted molar refractivity (Wildman–Crippen MR) is 85.6 cm³/mol. The van der Waals surface area contributed by atoms with E-state index in [4.69, 9.17) is 0 Å². The number of hydrogen-bond donors (Lipinski definition) is 0. The summed E-state index contributed by atoms with van der Waals surface area (Å²) < 4.78 is 0. The smallest absolute Gasteiger partial charge is 0.00191 e. The maximum atomic E-state index is 2.48. The second kappa shape index (κ2) is 9.77. The molecule has 0 aliphatic carbocycles. The van der Waals surface area contributed by atoms with Crippen molar-refractivity contribution in [1.29, 1.82) is 0 Å². The summed E-state index contributed by atoms with van der Waals surface area (Å²) in [5.74, 6) is 2.08. The van der Waals surface area contributed by atoms with E-state index < -0.39 is 0 Å². The summed E-state index contributed by atoms with van der Waals surface area (Å²) in [6.07, 6.45) is 10.3. The van der Waals surface area contributed by atoms with Gasteiger partial charge in [0, 0.05) is 0 Å². The molecule has 2 rings (SSSR count). The van der Waals surface area contributed by atoms with Crippen molar-refractivity contribution in [3.63, 3.8) is 0 Å². The monoisotopic (exact) mass is 268 g/mol. The van der Waals surface area contributed by atoms with Crippen molar-refractivity contribution in [3.05, 3.63) is 0 Å². The molecular weight excluding hydrogens is 232 g/mol. The molecule has 19 heavy (non-hydrogen) atoms. The minimum Gasteiger partial charge on any atom is -0.306 e. The molecule has 0 spiro atoms. The molecule has 2 heterocycles. The van der Waals surface area contributed by atoms with Crippen LogP contribution in [0.4, 0.5) is 0 Å². The molecule has 0 bridgehead atoms. The van der Waals surface area contributed by atoms with Gasteiger partial charge in [0.2, 0.25) is 0 Å². The van der Waals surface area contributed by atoms with Crippen molar-refractivity contribution in [3.8, 4) is 0 Å². The third kappa shape index (κ3) is 6.76. The van der Waals surface area contributed by atoms with E-state index in [9.17, 15) is 0 Å². The molecule has 0 aromatic carbocycles. The Morgan fingerprint density at radius 2 is 1.00 bits per heavy atom. The molecule has 2 saturated heterocycles. The average Bonchev–Trinajstić information content (AvgIpc) is 2.45. The van der Waals surface area contributed by atoms with Crippen LogP contribution in [0.15, 0.2) is 0 Å². The van der Waals surface area contributed by atoms with Gasteiger partial charge in [-0.3, -0.25) is 0 Å². The van der Waals surface area contributed by atoms with Gasteiger partial charge < -0.3 is 9.80 Å². The van der Waals surface area contributed by atoms with Crippen molar-refractivity contribution in [2.45, 2.75) is 58.8 Å². The maximum absolute atomic E-state index is 2.48. The summed E-state index contributed by atoms with van der Waals surface area (Å²) >= 11 is 0.